The number of carbonyl (C=O) groups excluding carboxylic acids is 2. The number of ketones is 1. The number of rotatable bonds is 7. The van der Waals surface area contributed by atoms with Crippen LogP contribution in [0.3, 0.4) is 0 Å². The molecule has 0 saturated carbocycles. The van der Waals surface area contributed by atoms with Crippen molar-refractivity contribution in [2.24, 2.45) is 0 Å². The van der Waals surface area contributed by atoms with Gasteiger partial charge in [-0.25, -0.2) is 4.79 Å². The molecule has 0 bridgehead atoms. The number of benzene rings is 3. The van der Waals surface area contributed by atoms with Crippen molar-refractivity contribution < 1.29 is 19.1 Å². The van der Waals surface area contributed by atoms with E-state index in [-0.39, 0.29) is 12.4 Å². The van der Waals surface area contributed by atoms with Gasteiger partial charge in [-0.3, -0.25) is 4.79 Å². The zero-order chi connectivity index (χ0) is 19.1. The monoisotopic (exact) mass is 361 g/mol. The number of carbonyl (C=O) groups is 2. The largest absolute Gasteiger partial charge is 0.482 e. The topological polar surface area (TPSA) is 64.6 Å². The van der Waals surface area contributed by atoms with Gasteiger partial charge in [0.05, 0.1) is 0 Å². The number of ether oxygens (including phenoxy) is 2. The number of anilines is 2. The Morgan fingerprint density at radius 1 is 0.778 bits per heavy atom. The first kappa shape index (κ1) is 18.2. The van der Waals surface area contributed by atoms with Gasteiger partial charge in [0.25, 0.3) is 0 Å². The summed E-state index contributed by atoms with van der Waals surface area (Å²) in [5.74, 6) is 0.381. The van der Waals surface area contributed by atoms with Crippen molar-refractivity contribution in [3.8, 4) is 11.5 Å². The predicted molar refractivity (Wildman–Crippen MR) is 104 cm³/mol. The van der Waals surface area contributed by atoms with Crippen LogP contribution in [0.2, 0.25) is 0 Å². The molecule has 3 rings (SSSR count). The van der Waals surface area contributed by atoms with Gasteiger partial charge in [0.2, 0.25) is 0 Å². The number of esters is 1. The Bertz CT molecular complexity index is 903. The van der Waals surface area contributed by atoms with Gasteiger partial charge in [0, 0.05) is 16.9 Å². The molecule has 0 atom stereocenters. The first-order chi connectivity index (χ1) is 13.1. The smallest absolute Gasteiger partial charge is 0.349 e. The minimum atomic E-state index is -0.517. The summed E-state index contributed by atoms with van der Waals surface area (Å²) in [7, 11) is 0. The third-order valence-electron chi connectivity index (χ3n) is 3.77. The van der Waals surface area contributed by atoms with Crippen LogP contribution in [0.4, 0.5) is 11.4 Å². The lowest BCUT2D eigenvalue weighted by Gasteiger charge is -2.09. The van der Waals surface area contributed by atoms with E-state index in [1.54, 1.807) is 36.4 Å². The molecule has 0 aliphatic heterocycles. The number of para-hydroxylation sites is 1. The van der Waals surface area contributed by atoms with E-state index in [2.05, 4.69) is 5.32 Å². The number of hydrogen-bond acceptors (Lipinski definition) is 5. The highest BCUT2D eigenvalue weighted by atomic mass is 16.6. The van der Waals surface area contributed by atoms with Gasteiger partial charge in [-0.05, 0) is 67.6 Å². The summed E-state index contributed by atoms with van der Waals surface area (Å²) in [5.41, 5.74) is 2.47. The summed E-state index contributed by atoms with van der Waals surface area (Å²) in [6.45, 7) is 1.27. The van der Waals surface area contributed by atoms with Crippen LogP contribution in [0, 0.1) is 0 Å². The van der Waals surface area contributed by atoms with E-state index in [4.69, 9.17) is 9.47 Å². The molecule has 0 saturated heterocycles. The SMILES string of the molecule is CC(=O)c1ccc(OC(=O)COc2ccc(Nc3ccccc3)cc2)cc1. The fourth-order valence-electron chi connectivity index (χ4n) is 2.38. The summed E-state index contributed by atoms with van der Waals surface area (Å²) in [6, 6.07) is 23.5. The zero-order valence-corrected chi connectivity index (χ0v) is 14.8. The second kappa shape index (κ2) is 8.67. The van der Waals surface area contributed by atoms with Crippen LogP contribution in [-0.2, 0) is 4.79 Å². The summed E-state index contributed by atoms with van der Waals surface area (Å²) >= 11 is 0. The summed E-state index contributed by atoms with van der Waals surface area (Å²) in [5, 5.41) is 3.27. The molecule has 1 N–H and O–H groups in total. The van der Waals surface area contributed by atoms with Crippen LogP contribution in [0.25, 0.3) is 0 Å². The van der Waals surface area contributed by atoms with Gasteiger partial charge in [0.15, 0.2) is 12.4 Å². The van der Waals surface area contributed by atoms with E-state index < -0.39 is 5.97 Å². The van der Waals surface area contributed by atoms with Gasteiger partial charge >= 0.3 is 5.97 Å². The van der Waals surface area contributed by atoms with Gasteiger partial charge < -0.3 is 14.8 Å². The van der Waals surface area contributed by atoms with Gasteiger partial charge in [-0.2, -0.15) is 0 Å². The van der Waals surface area contributed by atoms with Crippen LogP contribution >= 0.6 is 0 Å². The van der Waals surface area contributed by atoms with Gasteiger partial charge in [-0.1, -0.05) is 18.2 Å². The average molecular weight is 361 g/mol. The molecular formula is C22H19NO4. The molecule has 0 fully saturated rings. The molecule has 136 valence electrons. The molecule has 0 spiro atoms. The lowest BCUT2D eigenvalue weighted by atomic mass is 10.1. The first-order valence-corrected chi connectivity index (χ1v) is 8.47. The molecule has 0 aliphatic rings. The van der Waals surface area contributed by atoms with Crippen molar-refractivity contribution in [3.63, 3.8) is 0 Å². The Labute approximate surface area is 157 Å². The summed E-state index contributed by atoms with van der Waals surface area (Å²) in [4.78, 5) is 23.1. The second-order valence-electron chi connectivity index (χ2n) is 5.86. The van der Waals surface area contributed by atoms with Crippen LogP contribution < -0.4 is 14.8 Å². The lowest BCUT2D eigenvalue weighted by Crippen LogP contribution is -2.17. The maximum Gasteiger partial charge on any atom is 0.349 e. The van der Waals surface area contributed by atoms with E-state index in [1.165, 1.54) is 6.92 Å². The van der Waals surface area contributed by atoms with Crippen molar-refractivity contribution >= 4 is 23.1 Å². The van der Waals surface area contributed by atoms with Gasteiger partial charge in [0.1, 0.15) is 11.5 Å². The van der Waals surface area contributed by atoms with Crippen molar-refractivity contribution in [1.29, 1.82) is 0 Å². The minimum Gasteiger partial charge on any atom is -0.482 e. The van der Waals surface area contributed by atoms with Crippen molar-refractivity contribution in [2.45, 2.75) is 6.92 Å². The van der Waals surface area contributed by atoms with E-state index in [0.717, 1.165) is 11.4 Å². The lowest BCUT2D eigenvalue weighted by molar-refractivity contribution is -0.136. The molecule has 5 nitrogen and oxygen atoms in total. The molecule has 0 aliphatic carbocycles. The Hall–Kier alpha value is -3.60. The maximum absolute atomic E-state index is 11.9. The van der Waals surface area contributed by atoms with Crippen molar-refractivity contribution in [2.75, 3.05) is 11.9 Å². The van der Waals surface area contributed by atoms with E-state index in [1.807, 2.05) is 42.5 Å². The fourth-order valence-corrected chi connectivity index (χ4v) is 2.38. The molecule has 3 aromatic carbocycles. The Balaban J connectivity index is 1.49. The average Bonchev–Trinajstić information content (AvgIpc) is 2.69. The van der Waals surface area contributed by atoms with E-state index in [9.17, 15) is 9.59 Å². The number of hydrogen-bond donors (Lipinski definition) is 1. The highest BCUT2D eigenvalue weighted by Crippen LogP contribution is 2.20. The molecule has 0 heterocycles. The Kier molecular flexibility index (Phi) is 5.84. The summed E-state index contributed by atoms with van der Waals surface area (Å²) in [6.07, 6.45) is 0. The van der Waals surface area contributed by atoms with Crippen molar-refractivity contribution in [3.05, 3.63) is 84.4 Å². The minimum absolute atomic E-state index is 0.0404. The number of Topliss-reactive ketones (excluding diaryl/α,β-unsaturated/α-hetero) is 1. The first-order valence-electron chi connectivity index (χ1n) is 8.47. The number of nitrogens with one attached hydrogen (secondary N) is 1. The normalized spacial score (nSPS) is 10.1. The molecule has 5 heteroatoms. The standard InChI is InChI=1S/C22H19NO4/c1-16(24)17-7-11-21(12-8-17)27-22(25)15-26-20-13-9-19(10-14-20)23-18-5-3-2-4-6-18/h2-14,23H,15H2,1H3. The molecule has 0 amide bonds. The second-order valence-corrected chi connectivity index (χ2v) is 5.86. The van der Waals surface area contributed by atoms with Crippen molar-refractivity contribution in [1.82, 2.24) is 0 Å². The highest BCUT2D eigenvalue weighted by molar-refractivity contribution is 5.94. The maximum atomic E-state index is 11.9. The van der Waals surface area contributed by atoms with Gasteiger partial charge in [-0.15, -0.1) is 0 Å². The van der Waals surface area contributed by atoms with Crippen LogP contribution in [-0.4, -0.2) is 18.4 Å². The predicted octanol–water partition coefficient (Wildman–Crippen LogP) is 4.62. The molecule has 0 unspecified atom stereocenters. The van der Waals surface area contributed by atoms with E-state index >= 15 is 0 Å². The Morgan fingerprint density at radius 3 is 2.00 bits per heavy atom. The van der Waals surface area contributed by atoms with Crippen LogP contribution in [0.1, 0.15) is 17.3 Å². The Morgan fingerprint density at radius 2 is 1.37 bits per heavy atom. The van der Waals surface area contributed by atoms with Crippen LogP contribution in [0.15, 0.2) is 78.9 Å². The fraction of sp³-hybridized carbons (Fsp3) is 0.0909. The third kappa shape index (κ3) is 5.44. The molecule has 0 radical (unpaired) electrons. The molecule has 27 heavy (non-hydrogen) atoms. The highest BCUT2D eigenvalue weighted by Gasteiger charge is 2.07. The zero-order valence-electron chi connectivity index (χ0n) is 14.8. The third-order valence-corrected chi connectivity index (χ3v) is 3.77. The quantitative estimate of drug-likeness (QED) is 0.378. The molecule has 0 aromatic heterocycles. The molecular weight excluding hydrogens is 342 g/mol. The van der Waals surface area contributed by atoms with Crippen LogP contribution in [0.5, 0.6) is 11.5 Å². The van der Waals surface area contributed by atoms with E-state index in [0.29, 0.717) is 17.1 Å². The summed E-state index contributed by atoms with van der Waals surface area (Å²) < 4.78 is 10.6. The molecule has 3 aromatic rings.